The summed E-state index contributed by atoms with van der Waals surface area (Å²) in [6.07, 6.45) is 0. The van der Waals surface area contributed by atoms with Crippen molar-refractivity contribution in [3.63, 3.8) is 0 Å². The van der Waals surface area contributed by atoms with Crippen molar-refractivity contribution in [2.75, 3.05) is 0 Å². The zero-order valence-corrected chi connectivity index (χ0v) is 11.4. The molecule has 0 amide bonds. The lowest BCUT2D eigenvalue weighted by Crippen LogP contribution is -2.01. The minimum Gasteiger partial charge on any atom is -0.478 e. The number of nitrogens with one attached hydrogen (secondary N) is 1. The van der Waals surface area contributed by atoms with E-state index in [4.69, 9.17) is 10.5 Å². The maximum atomic E-state index is 12.1. The van der Waals surface area contributed by atoms with Crippen LogP contribution in [0.3, 0.4) is 0 Å². The maximum absolute atomic E-state index is 12.1. The summed E-state index contributed by atoms with van der Waals surface area (Å²) in [6, 6.07) is 14.1. The number of rotatable bonds is 5. The molecule has 0 heterocycles. The Morgan fingerprint density at radius 2 is 1.59 bits per heavy atom. The molecule has 2 aromatic carbocycles. The van der Waals surface area contributed by atoms with Gasteiger partial charge in [0.15, 0.2) is 5.70 Å². The maximum Gasteiger partial charge on any atom is 0.335 e. The molecule has 2 N–H and O–H groups in total. The molecule has 2 aromatic rings. The molecule has 0 saturated carbocycles. The number of azo groups is 1. The largest absolute Gasteiger partial charge is 0.478 e. The molecule has 22 heavy (non-hydrogen) atoms. The van der Waals surface area contributed by atoms with Gasteiger partial charge in [-0.1, -0.05) is 30.3 Å². The molecular formula is C16H11N3O3. The first kappa shape index (κ1) is 15.0. The third-order valence-corrected chi connectivity index (χ3v) is 2.75. The summed E-state index contributed by atoms with van der Waals surface area (Å²) in [7, 11) is 0. The number of carbonyl (C=O) groups is 2. The molecule has 6 heteroatoms. The highest BCUT2D eigenvalue weighted by atomic mass is 16.4. The summed E-state index contributed by atoms with van der Waals surface area (Å²) in [6.45, 7) is 0. The quantitative estimate of drug-likeness (QED) is 0.381. The highest BCUT2D eigenvalue weighted by Gasteiger charge is 2.11. The molecule has 0 atom stereocenters. The van der Waals surface area contributed by atoms with Gasteiger partial charge in [0.1, 0.15) is 0 Å². The number of ketones is 1. The first-order chi connectivity index (χ1) is 10.6. The molecule has 0 fully saturated rings. The van der Waals surface area contributed by atoms with Gasteiger partial charge in [-0.2, -0.15) is 0 Å². The second-order valence-electron chi connectivity index (χ2n) is 4.22. The average molecular weight is 293 g/mol. The Hall–Kier alpha value is -3.37. The lowest BCUT2D eigenvalue weighted by atomic mass is 10.1. The molecule has 0 saturated heterocycles. The van der Waals surface area contributed by atoms with Gasteiger partial charge in [0.2, 0.25) is 5.78 Å². The lowest BCUT2D eigenvalue weighted by Gasteiger charge is -1.98. The average Bonchev–Trinajstić information content (AvgIpc) is 2.56. The van der Waals surface area contributed by atoms with E-state index in [0.29, 0.717) is 11.3 Å². The standard InChI is InChI=1S/C16H11N3O3/c17-10-14(15(20)11-4-2-1-3-5-11)19-18-13-8-6-12(7-9-13)16(21)22/h1-9,17H,(H,21,22). The van der Waals surface area contributed by atoms with Crippen LogP contribution in [0.5, 0.6) is 0 Å². The van der Waals surface area contributed by atoms with E-state index in [1.807, 2.05) is 5.87 Å². The van der Waals surface area contributed by atoms with Crippen molar-refractivity contribution in [3.8, 4) is 0 Å². The monoisotopic (exact) mass is 293 g/mol. The number of carbonyl (C=O) groups excluding carboxylic acids is 1. The Balaban J connectivity index is 2.18. The van der Waals surface area contributed by atoms with Gasteiger partial charge in [-0.3, -0.25) is 10.2 Å². The minimum atomic E-state index is -1.04. The smallest absolute Gasteiger partial charge is 0.335 e. The second-order valence-corrected chi connectivity index (χ2v) is 4.22. The first-order valence-electron chi connectivity index (χ1n) is 6.26. The van der Waals surface area contributed by atoms with E-state index in [1.165, 1.54) is 24.3 Å². The molecule has 6 nitrogen and oxygen atoms in total. The topological polar surface area (TPSA) is 103 Å². The highest BCUT2D eigenvalue weighted by molar-refractivity contribution is 6.13. The summed E-state index contributed by atoms with van der Waals surface area (Å²) in [4.78, 5) is 22.8. The first-order valence-corrected chi connectivity index (χ1v) is 6.26. The van der Waals surface area contributed by atoms with Crippen LogP contribution in [-0.2, 0) is 0 Å². The second kappa shape index (κ2) is 6.88. The van der Waals surface area contributed by atoms with Gasteiger partial charge in [0.25, 0.3) is 0 Å². The summed E-state index contributed by atoms with van der Waals surface area (Å²) in [5.74, 6) is 0.467. The van der Waals surface area contributed by atoms with Crippen LogP contribution in [0.25, 0.3) is 0 Å². The molecular weight excluding hydrogens is 282 g/mol. The molecule has 0 spiro atoms. The summed E-state index contributed by atoms with van der Waals surface area (Å²) in [5, 5.41) is 23.5. The van der Waals surface area contributed by atoms with E-state index in [0.717, 1.165) is 0 Å². The van der Waals surface area contributed by atoms with Gasteiger partial charge in [-0.25, -0.2) is 4.79 Å². The predicted molar refractivity (Wildman–Crippen MR) is 79.9 cm³/mol. The highest BCUT2D eigenvalue weighted by Crippen LogP contribution is 2.16. The van der Waals surface area contributed by atoms with Crippen LogP contribution in [0.15, 0.2) is 70.5 Å². The molecule has 0 aliphatic heterocycles. The summed E-state index contributed by atoms with van der Waals surface area (Å²) < 4.78 is 0. The fourth-order valence-electron chi connectivity index (χ4n) is 1.63. The summed E-state index contributed by atoms with van der Waals surface area (Å²) >= 11 is 0. The van der Waals surface area contributed by atoms with Gasteiger partial charge in [0, 0.05) is 11.4 Å². The lowest BCUT2D eigenvalue weighted by molar-refractivity contribution is 0.0696. The van der Waals surface area contributed by atoms with Crippen LogP contribution in [-0.4, -0.2) is 22.7 Å². The summed E-state index contributed by atoms with van der Waals surface area (Å²) in [5.41, 5.74) is 0.659. The molecule has 0 radical (unpaired) electrons. The van der Waals surface area contributed by atoms with Crippen molar-refractivity contribution in [2.24, 2.45) is 10.2 Å². The Morgan fingerprint density at radius 3 is 2.14 bits per heavy atom. The molecule has 0 aromatic heterocycles. The van der Waals surface area contributed by atoms with Crippen LogP contribution in [0.1, 0.15) is 20.7 Å². The number of benzene rings is 2. The van der Waals surface area contributed by atoms with E-state index in [9.17, 15) is 9.59 Å². The van der Waals surface area contributed by atoms with Crippen molar-refractivity contribution in [1.29, 1.82) is 5.41 Å². The number of nitrogens with zero attached hydrogens (tertiary/aromatic N) is 2. The normalized spacial score (nSPS) is 10.2. The molecule has 108 valence electrons. The molecule has 0 aliphatic carbocycles. The van der Waals surface area contributed by atoms with Crippen LogP contribution < -0.4 is 0 Å². The van der Waals surface area contributed by atoms with Gasteiger partial charge in [-0.15, -0.1) is 10.2 Å². The molecule has 2 rings (SSSR count). The Labute approximate surface area is 126 Å². The van der Waals surface area contributed by atoms with Crippen molar-refractivity contribution in [3.05, 3.63) is 71.4 Å². The van der Waals surface area contributed by atoms with Crippen molar-refractivity contribution in [1.82, 2.24) is 0 Å². The molecule has 0 unspecified atom stereocenters. The zero-order chi connectivity index (χ0) is 15.9. The third kappa shape index (κ3) is 3.59. The van der Waals surface area contributed by atoms with Gasteiger partial charge >= 0.3 is 5.97 Å². The number of hydrogen-bond acceptors (Lipinski definition) is 5. The van der Waals surface area contributed by atoms with Crippen molar-refractivity contribution in [2.45, 2.75) is 0 Å². The Morgan fingerprint density at radius 1 is 0.955 bits per heavy atom. The number of Topliss-reactive ketones (excluding diaryl/α,β-unsaturated/α-hetero) is 1. The Kier molecular flexibility index (Phi) is 4.70. The number of aromatic carboxylic acids is 1. The number of carboxylic acid groups (broad SMARTS) is 1. The SMILES string of the molecule is N=C=C(N=Nc1ccc(C(=O)O)cc1)C(=O)c1ccccc1. The number of hydrogen-bond donors (Lipinski definition) is 2. The van der Waals surface area contributed by atoms with Gasteiger partial charge < -0.3 is 5.11 Å². The predicted octanol–water partition coefficient (Wildman–Crippen LogP) is 3.48. The van der Waals surface area contributed by atoms with Gasteiger partial charge in [-0.05, 0) is 24.3 Å². The van der Waals surface area contributed by atoms with Gasteiger partial charge in [0.05, 0.1) is 11.3 Å². The minimum absolute atomic E-state index is 0.127. The van der Waals surface area contributed by atoms with E-state index < -0.39 is 11.8 Å². The fourth-order valence-corrected chi connectivity index (χ4v) is 1.63. The fraction of sp³-hybridized carbons (Fsp3) is 0. The van der Waals surface area contributed by atoms with Crippen LogP contribution in [0.2, 0.25) is 0 Å². The van der Waals surface area contributed by atoms with Crippen LogP contribution in [0.4, 0.5) is 5.69 Å². The Bertz CT molecular complexity index is 774. The van der Waals surface area contributed by atoms with Crippen LogP contribution in [0, 0.1) is 5.41 Å². The van der Waals surface area contributed by atoms with E-state index in [-0.39, 0.29) is 11.3 Å². The van der Waals surface area contributed by atoms with Crippen LogP contribution >= 0.6 is 0 Å². The van der Waals surface area contributed by atoms with Crippen molar-refractivity contribution >= 4 is 23.3 Å². The van der Waals surface area contributed by atoms with Crippen molar-refractivity contribution < 1.29 is 14.7 Å². The van der Waals surface area contributed by atoms with E-state index in [1.54, 1.807) is 30.3 Å². The third-order valence-electron chi connectivity index (χ3n) is 2.75. The van der Waals surface area contributed by atoms with E-state index >= 15 is 0 Å². The number of carboxylic acids is 1. The van der Waals surface area contributed by atoms with E-state index in [2.05, 4.69) is 10.2 Å². The molecule has 0 bridgehead atoms. The number of allylic oxidation sites excluding steroid dienone is 1. The molecule has 0 aliphatic rings. The zero-order valence-electron chi connectivity index (χ0n) is 11.4.